The van der Waals surface area contributed by atoms with Gasteiger partial charge in [-0.2, -0.15) is 0 Å². The third kappa shape index (κ3) is 4.79. The second kappa shape index (κ2) is 9.13. The van der Waals surface area contributed by atoms with Crippen molar-refractivity contribution in [3.63, 3.8) is 0 Å². The maximum Gasteiger partial charge on any atom is 0.253 e. The Balaban J connectivity index is 1.26. The number of fused-ring (bicyclic) bond motifs is 1. The molecule has 2 N–H and O–H groups in total. The van der Waals surface area contributed by atoms with Crippen molar-refractivity contribution in [3.05, 3.63) is 59.7 Å². The molecule has 2 fully saturated rings. The number of nitrogens with zero attached hydrogens (tertiary/aromatic N) is 1. The van der Waals surface area contributed by atoms with Crippen molar-refractivity contribution >= 4 is 17.7 Å². The van der Waals surface area contributed by atoms with Gasteiger partial charge in [0, 0.05) is 30.3 Å². The van der Waals surface area contributed by atoms with E-state index in [1.807, 2.05) is 35.2 Å². The minimum absolute atomic E-state index is 0.00238. The molecule has 2 aliphatic heterocycles. The molecule has 33 heavy (non-hydrogen) atoms. The molecule has 2 aromatic carbocycles. The molecule has 1 saturated heterocycles. The predicted octanol–water partition coefficient (Wildman–Crippen LogP) is 2.34. The molecule has 0 aromatic heterocycles. The van der Waals surface area contributed by atoms with E-state index < -0.39 is 6.04 Å². The fourth-order valence-corrected chi connectivity index (χ4v) is 4.38. The van der Waals surface area contributed by atoms with Crippen molar-refractivity contribution in [2.45, 2.75) is 37.8 Å². The second-order valence-corrected chi connectivity index (χ2v) is 8.80. The van der Waals surface area contributed by atoms with Crippen LogP contribution in [0.15, 0.2) is 48.5 Å². The normalized spacial score (nSPS) is 18.5. The summed E-state index contributed by atoms with van der Waals surface area (Å²) in [4.78, 5) is 40.6. The van der Waals surface area contributed by atoms with Crippen LogP contribution in [-0.4, -0.2) is 54.6 Å². The maximum absolute atomic E-state index is 13.0. The summed E-state index contributed by atoms with van der Waals surface area (Å²) in [6.07, 6.45) is 3.22. The van der Waals surface area contributed by atoms with Crippen LogP contribution in [0, 0.1) is 5.92 Å². The predicted molar refractivity (Wildman–Crippen MR) is 120 cm³/mol. The van der Waals surface area contributed by atoms with Gasteiger partial charge in [0.1, 0.15) is 6.04 Å². The summed E-state index contributed by atoms with van der Waals surface area (Å²) in [6, 6.07) is 13.7. The number of hydrogen-bond acceptors (Lipinski definition) is 5. The Kier molecular flexibility index (Phi) is 5.90. The monoisotopic (exact) mass is 449 g/mol. The highest BCUT2D eigenvalue weighted by Crippen LogP contribution is 2.32. The zero-order valence-electron chi connectivity index (χ0n) is 18.3. The molecule has 8 nitrogen and oxygen atoms in total. The molecule has 0 bridgehead atoms. The smallest absolute Gasteiger partial charge is 0.253 e. The molecule has 5 rings (SSSR count). The van der Waals surface area contributed by atoms with Gasteiger partial charge in [0.25, 0.3) is 11.8 Å². The van der Waals surface area contributed by atoms with E-state index in [4.69, 9.17) is 9.47 Å². The van der Waals surface area contributed by atoms with Gasteiger partial charge in [-0.15, -0.1) is 0 Å². The summed E-state index contributed by atoms with van der Waals surface area (Å²) in [5.41, 5.74) is 1.08. The van der Waals surface area contributed by atoms with E-state index in [1.54, 1.807) is 18.2 Å². The Bertz CT molecular complexity index is 1050. The van der Waals surface area contributed by atoms with Gasteiger partial charge in [-0.25, -0.2) is 0 Å². The van der Waals surface area contributed by atoms with Crippen molar-refractivity contribution in [3.8, 4) is 11.5 Å². The number of ether oxygens (including phenoxy) is 2. The lowest BCUT2D eigenvalue weighted by Crippen LogP contribution is -2.54. The number of nitrogens with one attached hydrogen (secondary N) is 2. The minimum atomic E-state index is -0.655. The van der Waals surface area contributed by atoms with Crippen molar-refractivity contribution in [1.82, 2.24) is 15.5 Å². The van der Waals surface area contributed by atoms with Gasteiger partial charge < -0.3 is 25.0 Å². The molecule has 0 radical (unpaired) electrons. The van der Waals surface area contributed by atoms with Crippen molar-refractivity contribution in [2.75, 3.05) is 19.9 Å². The van der Waals surface area contributed by atoms with Gasteiger partial charge in [-0.05, 0) is 61.9 Å². The van der Waals surface area contributed by atoms with E-state index in [0.717, 1.165) is 12.8 Å². The van der Waals surface area contributed by atoms with E-state index in [9.17, 15) is 14.4 Å². The quantitative estimate of drug-likeness (QED) is 0.706. The van der Waals surface area contributed by atoms with Crippen molar-refractivity contribution in [1.29, 1.82) is 0 Å². The third-order valence-corrected chi connectivity index (χ3v) is 6.45. The molecule has 2 heterocycles. The van der Waals surface area contributed by atoms with Gasteiger partial charge in [-0.3, -0.25) is 14.4 Å². The number of hydrogen-bond donors (Lipinski definition) is 2. The van der Waals surface area contributed by atoms with E-state index in [0.29, 0.717) is 48.6 Å². The van der Waals surface area contributed by atoms with Gasteiger partial charge in [0.05, 0.1) is 0 Å². The van der Waals surface area contributed by atoms with Crippen LogP contribution in [0.4, 0.5) is 0 Å². The number of rotatable bonds is 6. The lowest BCUT2D eigenvalue weighted by Gasteiger charge is -2.36. The van der Waals surface area contributed by atoms with Crippen LogP contribution in [-0.2, 0) is 4.79 Å². The Morgan fingerprint density at radius 3 is 2.33 bits per heavy atom. The first-order valence-corrected chi connectivity index (χ1v) is 11.4. The zero-order valence-corrected chi connectivity index (χ0v) is 18.3. The van der Waals surface area contributed by atoms with Crippen LogP contribution in [0.1, 0.15) is 46.4 Å². The Morgan fingerprint density at radius 2 is 1.61 bits per heavy atom. The molecule has 3 amide bonds. The Morgan fingerprint density at radius 1 is 0.879 bits per heavy atom. The Labute approximate surface area is 192 Å². The molecule has 1 aliphatic carbocycles. The molecule has 2 aromatic rings. The van der Waals surface area contributed by atoms with E-state index in [-0.39, 0.29) is 36.5 Å². The molecule has 0 spiro atoms. The highest BCUT2D eigenvalue weighted by atomic mass is 16.7. The second-order valence-electron chi connectivity index (χ2n) is 8.80. The van der Waals surface area contributed by atoms with Crippen LogP contribution in [0.2, 0.25) is 0 Å². The van der Waals surface area contributed by atoms with Crippen LogP contribution >= 0.6 is 0 Å². The van der Waals surface area contributed by atoms with Gasteiger partial charge >= 0.3 is 0 Å². The lowest BCUT2D eigenvalue weighted by molar-refractivity contribution is -0.124. The third-order valence-electron chi connectivity index (χ3n) is 6.45. The molecule has 172 valence electrons. The summed E-state index contributed by atoms with van der Waals surface area (Å²) >= 11 is 0. The largest absolute Gasteiger partial charge is 0.454 e. The molecule has 1 saturated carbocycles. The standard InChI is InChI=1S/C25H27N3O5/c29-23(18-6-9-20-21(14-18)33-15-32-20)27-22(24(30)26-19-7-8-19)16-10-12-28(13-11-16)25(31)17-4-2-1-3-5-17/h1-6,9,14,16,19,22H,7-8,10-13,15H2,(H,26,30)(H,27,29). The average molecular weight is 450 g/mol. The SMILES string of the molecule is O=C(NC(C(=O)NC1CC1)C1CCN(C(=O)c2ccccc2)CC1)c1ccc2c(c1)OCO2. The molecule has 1 unspecified atom stereocenters. The van der Waals surface area contributed by atoms with E-state index in [2.05, 4.69) is 10.6 Å². The molecule has 1 atom stereocenters. The van der Waals surface area contributed by atoms with Crippen LogP contribution in [0.3, 0.4) is 0 Å². The van der Waals surface area contributed by atoms with Gasteiger partial charge in [0.15, 0.2) is 11.5 Å². The number of carbonyl (C=O) groups excluding carboxylic acids is 3. The summed E-state index contributed by atoms with van der Waals surface area (Å²) in [7, 11) is 0. The number of amides is 3. The molecule has 8 heteroatoms. The fourth-order valence-electron chi connectivity index (χ4n) is 4.38. The topological polar surface area (TPSA) is 97.0 Å². The zero-order chi connectivity index (χ0) is 22.8. The van der Waals surface area contributed by atoms with Gasteiger partial charge in [-0.1, -0.05) is 18.2 Å². The van der Waals surface area contributed by atoms with Crippen LogP contribution in [0.5, 0.6) is 11.5 Å². The van der Waals surface area contributed by atoms with Crippen molar-refractivity contribution in [2.24, 2.45) is 5.92 Å². The maximum atomic E-state index is 13.0. The summed E-state index contributed by atoms with van der Waals surface area (Å²) in [5, 5.41) is 5.98. The Hall–Kier alpha value is -3.55. The first-order valence-electron chi connectivity index (χ1n) is 11.4. The van der Waals surface area contributed by atoms with Gasteiger partial charge in [0.2, 0.25) is 12.7 Å². The number of piperidine rings is 1. The van der Waals surface area contributed by atoms with Crippen LogP contribution < -0.4 is 20.1 Å². The number of benzene rings is 2. The lowest BCUT2D eigenvalue weighted by atomic mass is 9.88. The number of carbonyl (C=O) groups is 3. The number of likely N-dealkylation sites (tertiary alicyclic amines) is 1. The summed E-state index contributed by atoms with van der Waals surface area (Å²) in [5.74, 6) is 0.588. The highest BCUT2D eigenvalue weighted by Gasteiger charge is 2.36. The highest BCUT2D eigenvalue weighted by molar-refractivity contribution is 5.98. The molecular weight excluding hydrogens is 422 g/mol. The first kappa shape index (κ1) is 21.3. The average Bonchev–Trinajstić information content (AvgIpc) is 3.54. The molecular formula is C25H27N3O5. The van der Waals surface area contributed by atoms with E-state index >= 15 is 0 Å². The van der Waals surface area contributed by atoms with E-state index in [1.165, 1.54) is 0 Å². The fraction of sp³-hybridized carbons (Fsp3) is 0.400. The minimum Gasteiger partial charge on any atom is -0.454 e. The molecule has 3 aliphatic rings. The van der Waals surface area contributed by atoms with Crippen LogP contribution in [0.25, 0.3) is 0 Å². The van der Waals surface area contributed by atoms with Crippen molar-refractivity contribution < 1.29 is 23.9 Å². The first-order chi connectivity index (χ1) is 16.1. The summed E-state index contributed by atoms with van der Waals surface area (Å²) in [6.45, 7) is 1.23. The summed E-state index contributed by atoms with van der Waals surface area (Å²) < 4.78 is 10.7.